The lowest BCUT2D eigenvalue weighted by Crippen LogP contribution is -2.35. The van der Waals surface area contributed by atoms with E-state index in [1.165, 1.54) is 19.1 Å². The van der Waals surface area contributed by atoms with Gasteiger partial charge in [-0.3, -0.25) is 9.59 Å². The number of amides is 1. The van der Waals surface area contributed by atoms with Crippen molar-refractivity contribution in [1.29, 1.82) is 0 Å². The number of ether oxygens (including phenoxy) is 4. The first-order valence-electron chi connectivity index (χ1n) is 8.22. The Bertz CT molecular complexity index is 783. The van der Waals surface area contributed by atoms with Crippen LogP contribution in [0.25, 0.3) is 0 Å². The Labute approximate surface area is 158 Å². The van der Waals surface area contributed by atoms with Crippen molar-refractivity contribution in [3.05, 3.63) is 53.6 Å². The number of nitrogens with zero attached hydrogens (tertiary/aromatic N) is 1. The van der Waals surface area contributed by atoms with Crippen molar-refractivity contribution in [3.63, 3.8) is 0 Å². The van der Waals surface area contributed by atoms with E-state index < -0.39 is 5.97 Å². The molecule has 144 valence electrons. The van der Waals surface area contributed by atoms with Gasteiger partial charge in [-0.1, -0.05) is 6.07 Å². The minimum atomic E-state index is -0.513. The molecule has 0 unspecified atom stereocenters. The number of hydrogen-bond acceptors (Lipinski definition) is 6. The molecule has 2 rings (SSSR count). The maximum absolute atomic E-state index is 13.0. The Hall–Kier alpha value is -3.22. The topological polar surface area (TPSA) is 74.3 Å². The Morgan fingerprint density at radius 1 is 0.852 bits per heavy atom. The molecule has 0 atom stereocenters. The molecule has 0 aliphatic heterocycles. The first-order valence-corrected chi connectivity index (χ1v) is 8.22. The number of carbonyl (C=O) groups is 2. The summed E-state index contributed by atoms with van der Waals surface area (Å²) in [6.45, 7) is -0.00916. The van der Waals surface area contributed by atoms with Gasteiger partial charge >= 0.3 is 5.97 Å². The fraction of sp³-hybridized carbons (Fsp3) is 0.300. The number of carbonyl (C=O) groups excluding carboxylic acids is 2. The summed E-state index contributed by atoms with van der Waals surface area (Å²) in [5.74, 6) is 0.913. The highest BCUT2D eigenvalue weighted by atomic mass is 16.5. The zero-order valence-corrected chi connectivity index (χ0v) is 15.9. The molecular formula is C20H23NO6. The second-order valence-corrected chi connectivity index (χ2v) is 5.69. The van der Waals surface area contributed by atoms with E-state index >= 15 is 0 Å². The number of rotatable bonds is 8. The van der Waals surface area contributed by atoms with Crippen LogP contribution in [0.5, 0.6) is 17.2 Å². The lowest BCUT2D eigenvalue weighted by Gasteiger charge is -2.22. The van der Waals surface area contributed by atoms with Gasteiger partial charge in [0.25, 0.3) is 5.91 Å². The van der Waals surface area contributed by atoms with E-state index in [9.17, 15) is 9.59 Å². The second kappa shape index (κ2) is 9.47. The molecule has 0 aromatic heterocycles. The van der Waals surface area contributed by atoms with Crippen LogP contribution in [0.1, 0.15) is 15.9 Å². The highest BCUT2D eigenvalue weighted by Crippen LogP contribution is 2.24. The van der Waals surface area contributed by atoms with Crippen molar-refractivity contribution in [3.8, 4) is 17.2 Å². The van der Waals surface area contributed by atoms with Crippen molar-refractivity contribution in [1.82, 2.24) is 4.90 Å². The predicted octanol–water partition coefficient (Wildman–Crippen LogP) is 2.53. The van der Waals surface area contributed by atoms with Crippen LogP contribution >= 0.6 is 0 Å². The molecule has 0 bridgehead atoms. The molecule has 0 fully saturated rings. The molecule has 2 aromatic rings. The molecule has 0 heterocycles. The van der Waals surface area contributed by atoms with E-state index in [0.29, 0.717) is 22.8 Å². The molecule has 27 heavy (non-hydrogen) atoms. The van der Waals surface area contributed by atoms with Gasteiger partial charge in [0.05, 0.1) is 28.4 Å². The van der Waals surface area contributed by atoms with E-state index in [1.807, 2.05) is 0 Å². The van der Waals surface area contributed by atoms with Crippen LogP contribution in [-0.2, 0) is 16.1 Å². The van der Waals surface area contributed by atoms with Gasteiger partial charge in [-0.05, 0) is 35.9 Å². The van der Waals surface area contributed by atoms with Crippen molar-refractivity contribution in [2.75, 3.05) is 35.0 Å². The van der Waals surface area contributed by atoms with Crippen LogP contribution in [0, 0.1) is 0 Å². The van der Waals surface area contributed by atoms with Crippen LogP contribution in [0.15, 0.2) is 42.5 Å². The lowest BCUT2D eigenvalue weighted by molar-refractivity contribution is -0.141. The SMILES string of the molecule is COC(=O)CN(Cc1cc(OC)cc(OC)c1)C(=O)c1cccc(OC)c1. The van der Waals surface area contributed by atoms with Gasteiger partial charge in [-0.2, -0.15) is 0 Å². The summed E-state index contributed by atoms with van der Waals surface area (Å²) in [6, 6.07) is 12.1. The van der Waals surface area contributed by atoms with Crippen LogP contribution in [0.2, 0.25) is 0 Å². The first-order chi connectivity index (χ1) is 13.0. The molecule has 0 saturated carbocycles. The molecule has 2 aromatic carbocycles. The number of hydrogen-bond donors (Lipinski definition) is 0. The third kappa shape index (κ3) is 5.37. The van der Waals surface area contributed by atoms with Crippen LogP contribution in [0.4, 0.5) is 0 Å². The van der Waals surface area contributed by atoms with Gasteiger partial charge in [0, 0.05) is 18.2 Å². The maximum atomic E-state index is 13.0. The normalized spacial score (nSPS) is 10.1. The Morgan fingerprint density at radius 3 is 2.04 bits per heavy atom. The molecule has 0 N–H and O–H groups in total. The fourth-order valence-corrected chi connectivity index (χ4v) is 2.54. The summed E-state index contributed by atoms with van der Waals surface area (Å²) in [6.07, 6.45) is 0. The summed E-state index contributed by atoms with van der Waals surface area (Å²) in [5, 5.41) is 0. The van der Waals surface area contributed by atoms with E-state index in [2.05, 4.69) is 0 Å². The highest BCUT2D eigenvalue weighted by Gasteiger charge is 2.21. The molecule has 1 amide bonds. The lowest BCUT2D eigenvalue weighted by atomic mass is 10.1. The van der Waals surface area contributed by atoms with Crippen LogP contribution in [0.3, 0.4) is 0 Å². The summed E-state index contributed by atoms with van der Waals surface area (Å²) < 4.78 is 20.4. The van der Waals surface area contributed by atoms with Crippen LogP contribution < -0.4 is 14.2 Å². The number of methoxy groups -OCH3 is 4. The average Bonchev–Trinajstić information content (AvgIpc) is 2.72. The van der Waals surface area contributed by atoms with Gasteiger partial charge in [0.2, 0.25) is 0 Å². The fourth-order valence-electron chi connectivity index (χ4n) is 2.54. The zero-order chi connectivity index (χ0) is 19.8. The number of benzene rings is 2. The van der Waals surface area contributed by atoms with Gasteiger partial charge in [-0.25, -0.2) is 0 Å². The van der Waals surface area contributed by atoms with E-state index in [-0.39, 0.29) is 19.0 Å². The average molecular weight is 373 g/mol. The van der Waals surface area contributed by atoms with Gasteiger partial charge in [0.1, 0.15) is 23.8 Å². The molecular weight excluding hydrogens is 350 g/mol. The molecule has 7 heteroatoms. The van der Waals surface area contributed by atoms with E-state index in [0.717, 1.165) is 5.56 Å². The molecule has 0 aliphatic carbocycles. The quantitative estimate of drug-likeness (QED) is 0.662. The van der Waals surface area contributed by atoms with Gasteiger partial charge in [-0.15, -0.1) is 0 Å². The smallest absolute Gasteiger partial charge is 0.325 e. The molecule has 0 aliphatic rings. The van der Waals surface area contributed by atoms with Crippen molar-refractivity contribution in [2.45, 2.75) is 6.54 Å². The third-order valence-corrected chi connectivity index (χ3v) is 3.94. The minimum Gasteiger partial charge on any atom is -0.497 e. The molecule has 7 nitrogen and oxygen atoms in total. The number of esters is 1. The maximum Gasteiger partial charge on any atom is 0.325 e. The first kappa shape index (κ1) is 20.1. The van der Waals surface area contributed by atoms with E-state index in [1.54, 1.807) is 56.7 Å². The highest BCUT2D eigenvalue weighted by molar-refractivity contribution is 5.96. The summed E-state index contributed by atoms with van der Waals surface area (Å²) in [5.41, 5.74) is 1.17. The van der Waals surface area contributed by atoms with Crippen molar-refractivity contribution >= 4 is 11.9 Å². The summed E-state index contributed by atoms with van der Waals surface area (Å²) >= 11 is 0. The monoisotopic (exact) mass is 373 g/mol. The summed E-state index contributed by atoms with van der Waals surface area (Å²) in [4.78, 5) is 26.2. The zero-order valence-electron chi connectivity index (χ0n) is 15.9. The molecule has 0 saturated heterocycles. The molecule has 0 spiro atoms. The van der Waals surface area contributed by atoms with Crippen LogP contribution in [-0.4, -0.2) is 51.8 Å². The predicted molar refractivity (Wildman–Crippen MR) is 99.3 cm³/mol. The third-order valence-electron chi connectivity index (χ3n) is 3.94. The Kier molecular flexibility index (Phi) is 7.05. The standard InChI is InChI=1S/C20H23NO6/c1-24-16-7-5-6-15(10-16)20(23)21(13-19(22)27-4)12-14-8-17(25-2)11-18(9-14)26-3/h5-11H,12-13H2,1-4H3. The van der Waals surface area contributed by atoms with Gasteiger partial charge < -0.3 is 23.8 Å². The Morgan fingerprint density at radius 2 is 1.48 bits per heavy atom. The summed E-state index contributed by atoms with van der Waals surface area (Å²) in [7, 11) is 5.90. The van der Waals surface area contributed by atoms with Crippen molar-refractivity contribution in [2.24, 2.45) is 0 Å². The largest absolute Gasteiger partial charge is 0.497 e. The van der Waals surface area contributed by atoms with E-state index in [4.69, 9.17) is 18.9 Å². The Balaban J connectivity index is 2.33. The van der Waals surface area contributed by atoms with Crippen molar-refractivity contribution < 1.29 is 28.5 Å². The second-order valence-electron chi connectivity index (χ2n) is 5.69. The molecule has 0 radical (unpaired) electrons. The minimum absolute atomic E-state index is 0.179. The van der Waals surface area contributed by atoms with Gasteiger partial charge in [0.15, 0.2) is 0 Å².